The number of hydrogen-bond donors (Lipinski definition) is 4. The maximum absolute atomic E-state index is 12.9. The Morgan fingerprint density at radius 1 is 0.508 bits per heavy atom. The van der Waals surface area contributed by atoms with Crippen molar-refractivity contribution >= 4 is 22.1 Å². The minimum Gasteiger partial charge on any atom is -0.462 e. The smallest absolute Gasteiger partial charge is 0.306 e. The molecule has 0 spiro atoms. The lowest BCUT2D eigenvalue weighted by atomic mass is 10.00. The fraction of sp³-hybridized carbons (Fsp3) is 0.923. The molecule has 384 valence electrons. The number of rotatable bonds is 46. The summed E-state index contributed by atoms with van der Waals surface area (Å²) in [7, 11) is -4.60. The van der Waals surface area contributed by atoms with Gasteiger partial charge in [0.25, 0.3) is 10.1 Å². The summed E-state index contributed by atoms with van der Waals surface area (Å²) in [6.45, 7) is 3.80. The van der Waals surface area contributed by atoms with E-state index < -0.39 is 71.2 Å². The van der Waals surface area contributed by atoms with Crippen LogP contribution < -0.4 is 0 Å². The number of hydrogen-bond acceptors (Lipinski definition) is 11. The third kappa shape index (κ3) is 37.0. The number of carbonyl (C=O) groups is 2. The van der Waals surface area contributed by atoms with Crippen molar-refractivity contribution in [1.29, 1.82) is 0 Å². The van der Waals surface area contributed by atoms with Crippen LogP contribution in [0, 0.1) is 0 Å². The SMILES string of the molecule is CCCCCCCCCC/C=C\CCCCCCCCCCCCCC(=O)OC(COC(=O)CCCCCCCCCCCCCCCC)COC1OC(CS(=O)(=O)O)C(O)C(O)C1O. The van der Waals surface area contributed by atoms with Crippen molar-refractivity contribution < 1.29 is 56.8 Å². The normalized spacial score (nSPS) is 19.5. The Morgan fingerprint density at radius 2 is 0.877 bits per heavy atom. The van der Waals surface area contributed by atoms with Gasteiger partial charge < -0.3 is 34.3 Å². The van der Waals surface area contributed by atoms with Crippen LogP contribution in [0.15, 0.2) is 12.2 Å². The lowest BCUT2D eigenvalue weighted by Gasteiger charge is -2.40. The Labute approximate surface area is 396 Å². The van der Waals surface area contributed by atoms with Gasteiger partial charge in [0.05, 0.1) is 6.61 Å². The molecule has 0 aliphatic carbocycles. The predicted octanol–water partition coefficient (Wildman–Crippen LogP) is 12.2. The van der Waals surface area contributed by atoms with E-state index in [0.29, 0.717) is 12.8 Å². The molecule has 6 atom stereocenters. The van der Waals surface area contributed by atoms with Gasteiger partial charge in [-0.3, -0.25) is 14.1 Å². The lowest BCUT2D eigenvalue weighted by molar-refractivity contribution is -0.297. The number of allylic oxidation sites excluding steroid dienone is 2. The molecule has 4 N–H and O–H groups in total. The third-order valence-corrected chi connectivity index (χ3v) is 13.3. The Hall–Kier alpha value is -1.61. The van der Waals surface area contributed by atoms with E-state index in [4.69, 9.17) is 18.9 Å². The molecule has 0 saturated carbocycles. The zero-order chi connectivity index (χ0) is 47.6. The molecule has 0 aromatic rings. The molecule has 0 aromatic carbocycles. The summed E-state index contributed by atoms with van der Waals surface area (Å²) in [4.78, 5) is 25.5. The molecule has 1 heterocycles. The molecule has 13 heteroatoms. The van der Waals surface area contributed by atoms with E-state index in [1.165, 1.54) is 173 Å². The second-order valence-electron chi connectivity index (χ2n) is 18.9. The van der Waals surface area contributed by atoms with Gasteiger partial charge in [-0.25, -0.2) is 0 Å². The molecule has 6 unspecified atom stereocenters. The van der Waals surface area contributed by atoms with Crippen LogP contribution in [0.3, 0.4) is 0 Å². The molecule has 0 radical (unpaired) electrons. The first-order chi connectivity index (χ1) is 31.5. The number of ether oxygens (including phenoxy) is 4. The molecule has 1 aliphatic heterocycles. The summed E-state index contributed by atoms with van der Waals surface area (Å²) in [6.07, 6.45) is 38.3. The highest BCUT2D eigenvalue weighted by atomic mass is 32.2. The fourth-order valence-corrected chi connectivity index (χ4v) is 9.13. The zero-order valence-corrected chi connectivity index (χ0v) is 42.2. The zero-order valence-electron chi connectivity index (χ0n) is 41.4. The topological polar surface area (TPSA) is 186 Å². The van der Waals surface area contributed by atoms with Gasteiger partial charge in [0.2, 0.25) is 0 Å². The molecular formula is C52H98O12S. The lowest BCUT2D eigenvalue weighted by Crippen LogP contribution is -2.60. The highest BCUT2D eigenvalue weighted by Crippen LogP contribution is 2.24. The first-order valence-corrected chi connectivity index (χ1v) is 28.4. The minimum absolute atomic E-state index is 0.168. The molecule has 0 aromatic heterocycles. The predicted molar refractivity (Wildman–Crippen MR) is 261 cm³/mol. The fourth-order valence-electron chi connectivity index (χ4n) is 8.44. The Morgan fingerprint density at radius 3 is 1.28 bits per heavy atom. The van der Waals surface area contributed by atoms with E-state index in [1.807, 2.05) is 0 Å². The van der Waals surface area contributed by atoms with Gasteiger partial charge in [-0.1, -0.05) is 212 Å². The summed E-state index contributed by atoms with van der Waals surface area (Å²) >= 11 is 0. The summed E-state index contributed by atoms with van der Waals surface area (Å²) in [5.74, 6) is -1.96. The maximum atomic E-state index is 12.9. The van der Waals surface area contributed by atoms with Crippen LogP contribution in [0.2, 0.25) is 0 Å². The molecule has 1 saturated heterocycles. The van der Waals surface area contributed by atoms with E-state index in [1.54, 1.807) is 0 Å². The molecule has 12 nitrogen and oxygen atoms in total. The van der Waals surface area contributed by atoms with Crippen molar-refractivity contribution in [3.8, 4) is 0 Å². The van der Waals surface area contributed by atoms with Crippen molar-refractivity contribution in [2.24, 2.45) is 0 Å². The number of unbranched alkanes of at least 4 members (excludes halogenated alkanes) is 32. The van der Waals surface area contributed by atoms with E-state index in [-0.39, 0.29) is 19.4 Å². The molecular weight excluding hydrogens is 849 g/mol. The Bertz CT molecular complexity index is 1250. The summed E-state index contributed by atoms with van der Waals surface area (Å²) in [5.41, 5.74) is 0. The van der Waals surface area contributed by atoms with Crippen LogP contribution in [0.1, 0.15) is 251 Å². The van der Waals surface area contributed by atoms with Gasteiger partial charge in [-0.15, -0.1) is 0 Å². The highest BCUT2D eigenvalue weighted by Gasteiger charge is 2.46. The average Bonchev–Trinajstić information content (AvgIpc) is 3.27. The van der Waals surface area contributed by atoms with E-state index in [9.17, 15) is 37.9 Å². The van der Waals surface area contributed by atoms with Crippen molar-refractivity contribution in [3.63, 3.8) is 0 Å². The van der Waals surface area contributed by atoms with Crippen LogP contribution >= 0.6 is 0 Å². The van der Waals surface area contributed by atoms with Crippen LogP contribution in [0.5, 0.6) is 0 Å². The van der Waals surface area contributed by atoms with Crippen LogP contribution in [-0.2, 0) is 38.7 Å². The minimum atomic E-state index is -4.60. The molecule has 1 fully saturated rings. The maximum Gasteiger partial charge on any atom is 0.306 e. The average molecular weight is 947 g/mol. The van der Waals surface area contributed by atoms with Gasteiger partial charge in [0.1, 0.15) is 36.8 Å². The number of aliphatic hydroxyl groups is 3. The van der Waals surface area contributed by atoms with Gasteiger partial charge in [0.15, 0.2) is 12.4 Å². The van der Waals surface area contributed by atoms with E-state index >= 15 is 0 Å². The summed E-state index contributed by atoms with van der Waals surface area (Å²) in [6, 6.07) is 0. The molecule has 1 rings (SSSR count). The van der Waals surface area contributed by atoms with E-state index in [2.05, 4.69) is 26.0 Å². The molecule has 0 amide bonds. The van der Waals surface area contributed by atoms with Gasteiger partial charge in [0, 0.05) is 12.8 Å². The summed E-state index contributed by atoms with van der Waals surface area (Å²) in [5, 5.41) is 31.0. The second kappa shape index (κ2) is 42.5. The number of esters is 2. The second-order valence-corrected chi connectivity index (χ2v) is 20.4. The molecule has 65 heavy (non-hydrogen) atoms. The van der Waals surface area contributed by atoms with Crippen molar-refractivity contribution in [2.75, 3.05) is 19.0 Å². The van der Waals surface area contributed by atoms with Crippen molar-refractivity contribution in [3.05, 3.63) is 12.2 Å². The first kappa shape index (κ1) is 61.4. The van der Waals surface area contributed by atoms with Gasteiger partial charge in [-0.05, 0) is 38.5 Å². The van der Waals surface area contributed by atoms with Crippen LogP contribution in [0.25, 0.3) is 0 Å². The first-order valence-electron chi connectivity index (χ1n) is 26.7. The number of aliphatic hydroxyl groups excluding tert-OH is 3. The molecule has 1 aliphatic rings. The Kier molecular flexibility index (Phi) is 40.1. The highest BCUT2D eigenvalue weighted by molar-refractivity contribution is 7.85. The quantitative estimate of drug-likeness (QED) is 0.0196. The number of carbonyl (C=O) groups excluding carboxylic acids is 2. The van der Waals surface area contributed by atoms with Crippen LogP contribution in [-0.4, -0.2) is 96.0 Å². The largest absolute Gasteiger partial charge is 0.462 e. The third-order valence-electron chi connectivity index (χ3n) is 12.6. The Balaban J connectivity index is 2.32. The molecule has 0 bridgehead atoms. The summed E-state index contributed by atoms with van der Waals surface area (Å²) < 4.78 is 54.3. The van der Waals surface area contributed by atoms with Gasteiger partial charge >= 0.3 is 11.9 Å². The van der Waals surface area contributed by atoms with Crippen LogP contribution in [0.4, 0.5) is 0 Å². The van der Waals surface area contributed by atoms with Crippen molar-refractivity contribution in [1.82, 2.24) is 0 Å². The standard InChI is InChI=1S/C52H98O12S/c1-3-5-7-9-11-13-15-17-19-20-21-22-23-24-25-26-27-29-31-33-35-37-39-41-48(54)63-45(43-62-52-51(57)50(56)49(55)46(64-52)44-65(58,59)60)42-61-47(53)40-38-36-34-32-30-28-18-16-14-12-10-8-6-4-2/h20-21,45-46,49-52,55-57H,3-19,22-44H2,1-2H3,(H,58,59,60)/b21-20-. The monoisotopic (exact) mass is 947 g/mol. The van der Waals surface area contributed by atoms with Gasteiger partial charge in [-0.2, -0.15) is 8.42 Å². The van der Waals surface area contributed by atoms with Crippen molar-refractivity contribution in [2.45, 2.75) is 288 Å². The van der Waals surface area contributed by atoms with E-state index in [0.717, 1.165) is 38.5 Å².